The van der Waals surface area contributed by atoms with Gasteiger partial charge in [0.2, 0.25) is 0 Å². The molecule has 0 amide bonds. The molecule has 0 aromatic carbocycles. The fourth-order valence-electron chi connectivity index (χ4n) is 0.508. The quantitative estimate of drug-likeness (QED) is 0.304. The third-order valence-electron chi connectivity index (χ3n) is 1.32. The van der Waals surface area contributed by atoms with Gasteiger partial charge in [0.05, 0.1) is 6.61 Å². The number of hydrogen-bond acceptors (Lipinski definition) is 4. The van der Waals surface area contributed by atoms with Crippen LogP contribution in [0.25, 0.3) is 0 Å². The van der Waals surface area contributed by atoms with Crippen LogP contribution in [-0.4, -0.2) is 44.6 Å². The monoisotopic (exact) mass is 176 g/mol. The molecule has 0 radical (unpaired) electrons. The minimum atomic E-state index is -3.10. The summed E-state index contributed by atoms with van der Waals surface area (Å²) in [4.78, 5) is 20.5. The van der Waals surface area contributed by atoms with E-state index in [9.17, 15) is 9.59 Å². The SMILES string of the molecule is C=C(CO)C(O)(C(=O)O)C(=O)O. The second kappa shape index (κ2) is 3.33. The minimum absolute atomic E-state index is 0.692. The van der Waals surface area contributed by atoms with Crippen LogP contribution in [0.2, 0.25) is 0 Å². The van der Waals surface area contributed by atoms with Crippen molar-refractivity contribution in [1.29, 1.82) is 0 Å². The Bertz CT molecular complexity index is 216. The van der Waals surface area contributed by atoms with Crippen molar-refractivity contribution in [3.8, 4) is 0 Å². The molecule has 12 heavy (non-hydrogen) atoms. The molecule has 6 nitrogen and oxygen atoms in total. The van der Waals surface area contributed by atoms with Crippen molar-refractivity contribution in [2.45, 2.75) is 5.60 Å². The zero-order valence-corrected chi connectivity index (χ0v) is 6.02. The zero-order chi connectivity index (χ0) is 9.94. The van der Waals surface area contributed by atoms with Gasteiger partial charge in [-0.3, -0.25) is 0 Å². The van der Waals surface area contributed by atoms with E-state index in [1.807, 2.05) is 0 Å². The summed E-state index contributed by atoms with van der Waals surface area (Å²) >= 11 is 0. The molecule has 0 spiro atoms. The Morgan fingerprint density at radius 3 is 1.67 bits per heavy atom. The Balaban J connectivity index is 5.01. The number of aliphatic hydroxyl groups excluding tert-OH is 1. The highest BCUT2D eigenvalue weighted by Gasteiger charge is 2.47. The van der Waals surface area contributed by atoms with Crippen molar-refractivity contribution < 1.29 is 30.0 Å². The lowest BCUT2D eigenvalue weighted by atomic mass is 9.96. The van der Waals surface area contributed by atoms with E-state index in [0.29, 0.717) is 0 Å². The molecule has 0 aliphatic heterocycles. The largest absolute Gasteiger partial charge is 0.478 e. The molecule has 6 heteroatoms. The van der Waals surface area contributed by atoms with Gasteiger partial charge in [0.15, 0.2) is 0 Å². The lowest BCUT2D eigenvalue weighted by Gasteiger charge is -2.18. The van der Waals surface area contributed by atoms with Gasteiger partial charge in [0.1, 0.15) is 0 Å². The second-order valence-electron chi connectivity index (χ2n) is 2.08. The first kappa shape index (κ1) is 10.6. The van der Waals surface area contributed by atoms with E-state index in [2.05, 4.69) is 6.58 Å². The van der Waals surface area contributed by atoms with Gasteiger partial charge in [-0.15, -0.1) is 0 Å². The van der Waals surface area contributed by atoms with E-state index in [0.717, 1.165) is 0 Å². The molecule has 0 unspecified atom stereocenters. The fraction of sp³-hybridized carbons (Fsp3) is 0.333. The Hall–Kier alpha value is -1.40. The second-order valence-corrected chi connectivity index (χ2v) is 2.08. The first-order valence-corrected chi connectivity index (χ1v) is 2.85. The van der Waals surface area contributed by atoms with Gasteiger partial charge < -0.3 is 20.4 Å². The summed E-state index contributed by atoms with van der Waals surface area (Å²) in [5, 5.41) is 34.0. The first-order valence-electron chi connectivity index (χ1n) is 2.85. The first-order chi connectivity index (χ1) is 5.37. The van der Waals surface area contributed by atoms with E-state index >= 15 is 0 Å². The third kappa shape index (κ3) is 1.44. The molecular weight excluding hydrogens is 168 g/mol. The summed E-state index contributed by atoms with van der Waals surface area (Å²) in [5.74, 6) is -3.96. The fourth-order valence-corrected chi connectivity index (χ4v) is 0.508. The highest BCUT2D eigenvalue weighted by atomic mass is 16.4. The van der Waals surface area contributed by atoms with Crippen LogP contribution in [0.3, 0.4) is 0 Å². The Labute approximate surface area is 67.4 Å². The van der Waals surface area contributed by atoms with Crippen LogP contribution in [0.1, 0.15) is 0 Å². The average molecular weight is 176 g/mol. The molecule has 0 aliphatic rings. The van der Waals surface area contributed by atoms with Crippen molar-refractivity contribution in [3.05, 3.63) is 12.2 Å². The van der Waals surface area contributed by atoms with Crippen LogP contribution in [0.15, 0.2) is 12.2 Å². The van der Waals surface area contributed by atoms with Gasteiger partial charge in [0.25, 0.3) is 5.60 Å². The maximum atomic E-state index is 10.3. The van der Waals surface area contributed by atoms with Crippen molar-refractivity contribution in [3.63, 3.8) is 0 Å². The Kier molecular flexibility index (Phi) is 2.94. The van der Waals surface area contributed by atoms with E-state index in [1.54, 1.807) is 0 Å². The molecule has 0 saturated carbocycles. The van der Waals surface area contributed by atoms with Gasteiger partial charge in [-0.25, -0.2) is 9.59 Å². The molecule has 0 aromatic heterocycles. The molecule has 68 valence electrons. The summed E-state index contributed by atoms with van der Waals surface area (Å²) < 4.78 is 0. The van der Waals surface area contributed by atoms with Crippen molar-refractivity contribution in [1.82, 2.24) is 0 Å². The van der Waals surface area contributed by atoms with Crippen molar-refractivity contribution in [2.24, 2.45) is 0 Å². The van der Waals surface area contributed by atoms with Crippen LogP contribution in [-0.2, 0) is 9.59 Å². The van der Waals surface area contributed by atoms with E-state index in [4.69, 9.17) is 20.4 Å². The number of carboxylic acid groups (broad SMARTS) is 2. The van der Waals surface area contributed by atoms with Crippen LogP contribution in [0.5, 0.6) is 0 Å². The maximum absolute atomic E-state index is 10.3. The van der Waals surface area contributed by atoms with Crippen LogP contribution in [0, 0.1) is 0 Å². The predicted molar refractivity (Wildman–Crippen MR) is 36.4 cm³/mol. The summed E-state index contributed by atoms with van der Waals surface area (Å²) in [6.07, 6.45) is 0. The van der Waals surface area contributed by atoms with Gasteiger partial charge in [-0.1, -0.05) is 6.58 Å². The normalized spacial score (nSPS) is 10.8. The number of aliphatic hydroxyl groups is 2. The van der Waals surface area contributed by atoms with E-state index in [-0.39, 0.29) is 0 Å². The molecule has 0 saturated heterocycles. The molecule has 0 bridgehead atoms. The molecule has 0 rings (SSSR count). The number of carbonyl (C=O) groups is 2. The molecule has 0 aliphatic carbocycles. The van der Waals surface area contributed by atoms with E-state index < -0.39 is 29.7 Å². The standard InChI is InChI=1S/C6H8O6/c1-3(2-7)6(12,4(8)9)5(10)11/h7,12H,1-2H2,(H,8,9)(H,10,11). The van der Waals surface area contributed by atoms with Crippen molar-refractivity contribution in [2.75, 3.05) is 6.61 Å². The zero-order valence-electron chi connectivity index (χ0n) is 6.02. The maximum Gasteiger partial charge on any atom is 0.352 e. The number of hydrogen-bond donors (Lipinski definition) is 4. The van der Waals surface area contributed by atoms with Gasteiger partial charge in [0, 0.05) is 5.57 Å². The smallest absolute Gasteiger partial charge is 0.352 e. The topological polar surface area (TPSA) is 115 Å². The summed E-state index contributed by atoms with van der Waals surface area (Å²) in [6.45, 7) is 2.02. The molecule has 0 aromatic rings. The van der Waals surface area contributed by atoms with Crippen LogP contribution in [0.4, 0.5) is 0 Å². The van der Waals surface area contributed by atoms with Crippen LogP contribution < -0.4 is 0 Å². The lowest BCUT2D eigenvalue weighted by Crippen LogP contribution is -2.48. The van der Waals surface area contributed by atoms with Gasteiger partial charge in [-0.2, -0.15) is 0 Å². The summed E-state index contributed by atoms with van der Waals surface area (Å²) in [6, 6.07) is 0. The molecular formula is C6H8O6. The summed E-state index contributed by atoms with van der Waals surface area (Å²) in [5.41, 5.74) is -3.79. The van der Waals surface area contributed by atoms with Crippen molar-refractivity contribution >= 4 is 11.9 Å². The number of rotatable bonds is 4. The van der Waals surface area contributed by atoms with E-state index in [1.165, 1.54) is 0 Å². The van der Waals surface area contributed by atoms with Crippen LogP contribution >= 0.6 is 0 Å². The Morgan fingerprint density at radius 1 is 1.25 bits per heavy atom. The summed E-state index contributed by atoms with van der Waals surface area (Å²) in [7, 11) is 0. The number of carboxylic acids is 2. The highest BCUT2D eigenvalue weighted by molar-refractivity contribution is 6.05. The average Bonchev–Trinajstić information content (AvgIpc) is 2.00. The predicted octanol–water partition coefficient (Wildman–Crippen LogP) is -1.56. The molecule has 0 heterocycles. The molecule has 4 N–H and O–H groups in total. The van der Waals surface area contributed by atoms with Gasteiger partial charge in [-0.05, 0) is 0 Å². The lowest BCUT2D eigenvalue weighted by molar-refractivity contribution is -0.171. The Morgan fingerprint density at radius 2 is 1.58 bits per heavy atom. The molecule has 0 atom stereocenters. The van der Waals surface area contributed by atoms with Gasteiger partial charge >= 0.3 is 11.9 Å². The number of aliphatic carboxylic acids is 2. The highest BCUT2D eigenvalue weighted by Crippen LogP contribution is 2.15. The molecule has 0 fully saturated rings. The minimum Gasteiger partial charge on any atom is -0.478 e. The third-order valence-corrected chi connectivity index (χ3v) is 1.32.